The monoisotopic (exact) mass is 325 g/mol. The molecular formula is C16H31N5S. The van der Waals surface area contributed by atoms with E-state index in [1.165, 1.54) is 4.88 Å². The van der Waals surface area contributed by atoms with Crippen molar-refractivity contribution in [1.29, 1.82) is 0 Å². The fourth-order valence-electron chi connectivity index (χ4n) is 2.41. The average molecular weight is 326 g/mol. The zero-order chi connectivity index (χ0) is 16.7. The van der Waals surface area contributed by atoms with Gasteiger partial charge in [0.2, 0.25) is 0 Å². The Labute approximate surface area is 139 Å². The first kappa shape index (κ1) is 18.9. The predicted molar refractivity (Wildman–Crippen MR) is 96.8 cm³/mol. The highest BCUT2D eigenvalue weighted by Crippen LogP contribution is 2.15. The lowest BCUT2D eigenvalue weighted by Gasteiger charge is -2.30. The fraction of sp³-hybridized carbons (Fsp3) is 0.750. The van der Waals surface area contributed by atoms with E-state index in [1.807, 2.05) is 0 Å². The molecule has 0 aromatic carbocycles. The topological polar surface area (TPSA) is 52.6 Å². The summed E-state index contributed by atoms with van der Waals surface area (Å²) in [6.45, 7) is 15.7. The Morgan fingerprint density at radius 1 is 1.18 bits per heavy atom. The van der Waals surface area contributed by atoms with Crippen LogP contribution in [0.25, 0.3) is 0 Å². The average Bonchev–Trinajstić information content (AvgIpc) is 2.76. The van der Waals surface area contributed by atoms with E-state index in [4.69, 9.17) is 0 Å². The first-order chi connectivity index (χ1) is 10.3. The lowest BCUT2D eigenvalue weighted by Crippen LogP contribution is -2.45. The van der Waals surface area contributed by atoms with Gasteiger partial charge in [-0.25, -0.2) is 4.98 Å². The molecule has 126 valence electrons. The molecule has 1 aromatic rings. The van der Waals surface area contributed by atoms with Crippen molar-refractivity contribution in [3.8, 4) is 0 Å². The lowest BCUT2D eigenvalue weighted by atomic mass is 10.2. The molecule has 0 atom stereocenters. The predicted octanol–water partition coefficient (Wildman–Crippen LogP) is 2.54. The van der Waals surface area contributed by atoms with Gasteiger partial charge >= 0.3 is 0 Å². The van der Waals surface area contributed by atoms with Gasteiger partial charge in [0.15, 0.2) is 5.96 Å². The van der Waals surface area contributed by atoms with Gasteiger partial charge in [-0.1, -0.05) is 0 Å². The number of guanidine groups is 1. The Morgan fingerprint density at radius 3 is 2.27 bits per heavy atom. The minimum absolute atomic E-state index is 0.554. The van der Waals surface area contributed by atoms with Crippen molar-refractivity contribution in [3.63, 3.8) is 0 Å². The highest BCUT2D eigenvalue weighted by atomic mass is 32.1. The van der Waals surface area contributed by atoms with E-state index in [0.717, 1.165) is 36.3 Å². The number of aromatic nitrogens is 1. The fourth-order valence-corrected chi connectivity index (χ4v) is 3.28. The molecule has 1 rings (SSSR count). The van der Waals surface area contributed by atoms with Crippen LogP contribution in [0.15, 0.2) is 4.99 Å². The van der Waals surface area contributed by atoms with Crippen molar-refractivity contribution < 1.29 is 0 Å². The van der Waals surface area contributed by atoms with Gasteiger partial charge in [-0.05, 0) is 41.5 Å². The molecule has 0 aliphatic carbocycles. The van der Waals surface area contributed by atoms with E-state index in [9.17, 15) is 0 Å². The highest BCUT2D eigenvalue weighted by Gasteiger charge is 2.12. The Balaban J connectivity index is 2.39. The van der Waals surface area contributed by atoms with Crippen molar-refractivity contribution in [2.75, 3.05) is 20.1 Å². The molecule has 5 nitrogen and oxygen atoms in total. The summed E-state index contributed by atoms with van der Waals surface area (Å²) in [5.41, 5.74) is 1.12. The van der Waals surface area contributed by atoms with Crippen LogP contribution >= 0.6 is 11.3 Å². The van der Waals surface area contributed by atoms with Crippen molar-refractivity contribution in [2.24, 2.45) is 4.99 Å². The molecule has 6 heteroatoms. The van der Waals surface area contributed by atoms with E-state index < -0.39 is 0 Å². The number of aliphatic imine (C=N–C) groups is 1. The molecule has 0 saturated heterocycles. The molecule has 0 aliphatic heterocycles. The van der Waals surface area contributed by atoms with Crippen LogP contribution in [0.2, 0.25) is 0 Å². The van der Waals surface area contributed by atoms with E-state index in [0.29, 0.717) is 12.1 Å². The van der Waals surface area contributed by atoms with Crippen molar-refractivity contribution >= 4 is 17.3 Å². The quantitative estimate of drug-likeness (QED) is 0.597. The molecule has 0 unspecified atom stereocenters. The lowest BCUT2D eigenvalue weighted by molar-refractivity contribution is 0.178. The molecule has 22 heavy (non-hydrogen) atoms. The third-order valence-corrected chi connectivity index (χ3v) is 4.77. The van der Waals surface area contributed by atoms with Crippen LogP contribution in [-0.4, -0.2) is 48.1 Å². The maximum atomic E-state index is 4.54. The maximum absolute atomic E-state index is 4.54. The Hall–Kier alpha value is -1.14. The first-order valence-corrected chi connectivity index (χ1v) is 8.80. The molecule has 1 aromatic heterocycles. The Bertz CT molecular complexity index is 451. The number of rotatable bonds is 7. The maximum Gasteiger partial charge on any atom is 0.191 e. The van der Waals surface area contributed by atoms with E-state index in [2.05, 4.69) is 67.1 Å². The molecule has 0 bridgehead atoms. The van der Waals surface area contributed by atoms with Gasteiger partial charge in [-0.2, -0.15) is 0 Å². The largest absolute Gasteiger partial charge is 0.355 e. The summed E-state index contributed by atoms with van der Waals surface area (Å²) in [6, 6.07) is 1.11. The normalized spacial score (nSPS) is 12.5. The van der Waals surface area contributed by atoms with Gasteiger partial charge in [0.1, 0.15) is 5.01 Å². The Kier molecular flexibility index (Phi) is 7.82. The van der Waals surface area contributed by atoms with Crippen LogP contribution in [0.3, 0.4) is 0 Å². The van der Waals surface area contributed by atoms with Crippen LogP contribution in [0.1, 0.15) is 43.3 Å². The number of nitrogens with one attached hydrogen (secondary N) is 2. The summed E-state index contributed by atoms with van der Waals surface area (Å²) in [4.78, 5) is 12.6. The van der Waals surface area contributed by atoms with Crippen LogP contribution in [-0.2, 0) is 6.54 Å². The summed E-state index contributed by atoms with van der Waals surface area (Å²) in [5, 5.41) is 7.80. The summed E-state index contributed by atoms with van der Waals surface area (Å²) < 4.78 is 0. The molecule has 0 spiro atoms. The third-order valence-electron chi connectivity index (χ3n) is 3.69. The van der Waals surface area contributed by atoms with Crippen molar-refractivity contribution in [3.05, 3.63) is 15.6 Å². The summed E-state index contributed by atoms with van der Waals surface area (Å²) in [7, 11) is 1.80. The second-order valence-corrected chi connectivity index (χ2v) is 7.31. The van der Waals surface area contributed by atoms with Gasteiger partial charge < -0.3 is 10.6 Å². The first-order valence-electron chi connectivity index (χ1n) is 7.98. The third kappa shape index (κ3) is 5.93. The van der Waals surface area contributed by atoms with Crippen LogP contribution in [0.5, 0.6) is 0 Å². The minimum atomic E-state index is 0.554. The molecule has 1 heterocycles. The van der Waals surface area contributed by atoms with Crippen molar-refractivity contribution in [2.45, 2.75) is 60.2 Å². The van der Waals surface area contributed by atoms with E-state index in [1.54, 1.807) is 18.4 Å². The molecule has 0 aliphatic rings. The second-order valence-electron chi connectivity index (χ2n) is 6.03. The summed E-state index contributed by atoms with van der Waals surface area (Å²) in [6.07, 6.45) is 0. The summed E-state index contributed by atoms with van der Waals surface area (Å²) >= 11 is 1.74. The van der Waals surface area contributed by atoms with Crippen molar-refractivity contribution in [1.82, 2.24) is 20.5 Å². The smallest absolute Gasteiger partial charge is 0.191 e. The summed E-state index contributed by atoms with van der Waals surface area (Å²) in [5.74, 6) is 0.831. The van der Waals surface area contributed by atoms with E-state index >= 15 is 0 Å². The molecule has 2 N–H and O–H groups in total. The van der Waals surface area contributed by atoms with Crippen LogP contribution in [0.4, 0.5) is 0 Å². The molecular weight excluding hydrogens is 294 g/mol. The Morgan fingerprint density at radius 2 is 1.82 bits per heavy atom. The van der Waals surface area contributed by atoms with Crippen LogP contribution < -0.4 is 10.6 Å². The van der Waals surface area contributed by atoms with Gasteiger partial charge in [0, 0.05) is 37.1 Å². The zero-order valence-corrected chi connectivity index (χ0v) is 15.8. The van der Waals surface area contributed by atoms with Gasteiger partial charge in [0.05, 0.1) is 12.2 Å². The zero-order valence-electron chi connectivity index (χ0n) is 15.0. The highest BCUT2D eigenvalue weighted by molar-refractivity contribution is 7.11. The SMILES string of the molecule is CN=C(NCCN(C(C)C)C(C)C)NCc1nc(C)c(C)s1. The van der Waals surface area contributed by atoms with Crippen LogP contribution in [0, 0.1) is 13.8 Å². The second kappa shape index (κ2) is 9.10. The molecule has 0 amide bonds. The molecule has 0 fully saturated rings. The molecule has 0 saturated carbocycles. The van der Waals surface area contributed by atoms with Gasteiger partial charge in [-0.3, -0.25) is 9.89 Å². The number of aryl methyl sites for hydroxylation is 2. The standard InChI is InChI=1S/C16H31N5S/c1-11(2)21(12(3)4)9-8-18-16(17-7)19-10-15-20-13(5)14(6)22-15/h11-12H,8-10H2,1-7H3,(H2,17,18,19). The van der Waals surface area contributed by atoms with Gasteiger partial charge in [0.25, 0.3) is 0 Å². The van der Waals surface area contributed by atoms with Gasteiger partial charge in [-0.15, -0.1) is 11.3 Å². The number of nitrogens with zero attached hydrogens (tertiary/aromatic N) is 3. The minimum Gasteiger partial charge on any atom is -0.355 e. The molecule has 0 radical (unpaired) electrons. The number of hydrogen-bond donors (Lipinski definition) is 2. The number of hydrogen-bond acceptors (Lipinski definition) is 4. The number of thiazole rings is 1. The van der Waals surface area contributed by atoms with E-state index in [-0.39, 0.29) is 0 Å².